The fraction of sp³-hybridized carbons (Fsp3) is 0. The lowest BCUT2D eigenvalue weighted by Crippen LogP contribution is -2.10. The zero-order chi connectivity index (χ0) is 12.3. The Hall–Kier alpha value is -2.49. The smallest absolute Gasteiger partial charge is 0.248 e. The third-order valence-corrected chi connectivity index (χ3v) is 2.38. The summed E-state index contributed by atoms with van der Waals surface area (Å²) in [6.07, 6.45) is 3.84. The van der Waals surface area contributed by atoms with Crippen LogP contribution in [-0.2, 0) is 0 Å². The Bertz CT molecular complexity index is 579. The summed E-state index contributed by atoms with van der Waals surface area (Å²) in [6.45, 7) is 0. The number of rotatable bonds is 3. The predicted molar refractivity (Wildman–Crippen MR) is 63.6 cm³/mol. The van der Waals surface area contributed by atoms with Gasteiger partial charge in [0.1, 0.15) is 0 Å². The number of aromatic nitrogens is 1. The van der Waals surface area contributed by atoms with E-state index < -0.39 is 5.91 Å². The number of nitrogens with two attached hydrogens (primary N) is 1. The highest BCUT2D eigenvalue weighted by Gasteiger charge is 2.04. The third kappa shape index (κ3) is 2.36. The first-order chi connectivity index (χ1) is 8.20. The molecule has 0 aliphatic carbocycles. The Morgan fingerprint density at radius 2 is 2.00 bits per heavy atom. The monoisotopic (exact) mass is 226 g/mol. The van der Waals surface area contributed by atoms with Gasteiger partial charge >= 0.3 is 0 Å². The van der Waals surface area contributed by atoms with E-state index in [9.17, 15) is 9.59 Å². The molecule has 1 amide bonds. The number of primary amides is 1. The molecule has 1 aromatic carbocycles. The van der Waals surface area contributed by atoms with Crippen molar-refractivity contribution in [2.75, 3.05) is 0 Å². The van der Waals surface area contributed by atoms with Crippen LogP contribution in [0.15, 0.2) is 42.7 Å². The molecule has 0 fully saturated rings. The predicted octanol–water partition coefficient (Wildman–Crippen LogP) is 1.66. The number of hydrogen-bond donors (Lipinski definition) is 1. The first-order valence-electron chi connectivity index (χ1n) is 5.01. The van der Waals surface area contributed by atoms with Gasteiger partial charge in [-0.3, -0.25) is 14.6 Å². The summed E-state index contributed by atoms with van der Waals surface area (Å²) in [6, 6.07) is 8.60. The van der Waals surface area contributed by atoms with Gasteiger partial charge in [0.15, 0.2) is 6.29 Å². The van der Waals surface area contributed by atoms with Gasteiger partial charge in [0.25, 0.3) is 0 Å². The van der Waals surface area contributed by atoms with Crippen molar-refractivity contribution in [3.05, 3.63) is 53.9 Å². The minimum absolute atomic E-state index is 0.430. The van der Waals surface area contributed by atoms with Gasteiger partial charge in [-0.1, -0.05) is 12.1 Å². The lowest BCUT2D eigenvalue weighted by atomic mass is 10.0. The fourth-order valence-electron chi connectivity index (χ4n) is 1.53. The minimum atomic E-state index is -0.480. The number of nitrogens with zero attached hydrogens (tertiary/aromatic N) is 1. The van der Waals surface area contributed by atoms with Crippen LogP contribution in [0.2, 0.25) is 0 Å². The van der Waals surface area contributed by atoms with Crippen molar-refractivity contribution in [2.24, 2.45) is 5.73 Å². The molecule has 0 unspecified atom stereocenters. The second-order valence-electron chi connectivity index (χ2n) is 3.57. The molecule has 2 N–H and O–H groups in total. The average Bonchev–Trinajstić information content (AvgIpc) is 2.39. The molecule has 17 heavy (non-hydrogen) atoms. The van der Waals surface area contributed by atoms with E-state index >= 15 is 0 Å². The molecule has 0 aliphatic rings. The van der Waals surface area contributed by atoms with Crippen LogP contribution in [0.1, 0.15) is 20.7 Å². The van der Waals surface area contributed by atoms with Crippen molar-refractivity contribution in [2.45, 2.75) is 0 Å². The van der Waals surface area contributed by atoms with Crippen LogP contribution < -0.4 is 5.73 Å². The van der Waals surface area contributed by atoms with Crippen molar-refractivity contribution in [3.63, 3.8) is 0 Å². The van der Waals surface area contributed by atoms with Crippen molar-refractivity contribution in [1.29, 1.82) is 0 Å². The first-order valence-corrected chi connectivity index (χ1v) is 5.01. The van der Waals surface area contributed by atoms with Gasteiger partial charge in [-0.15, -0.1) is 0 Å². The zero-order valence-corrected chi connectivity index (χ0v) is 8.96. The molecule has 0 saturated heterocycles. The van der Waals surface area contributed by atoms with Gasteiger partial charge in [0.2, 0.25) is 5.91 Å². The number of carbonyl (C=O) groups excluding carboxylic acids is 2. The lowest BCUT2D eigenvalue weighted by molar-refractivity contribution is 0.1000. The van der Waals surface area contributed by atoms with E-state index in [0.717, 1.165) is 17.4 Å². The normalized spacial score (nSPS) is 9.88. The molecule has 0 radical (unpaired) electrons. The van der Waals surface area contributed by atoms with Crippen LogP contribution in [0.3, 0.4) is 0 Å². The molecule has 0 aliphatic heterocycles. The number of amides is 1. The highest BCUT2D eigenvalue weighted by Crippen LogP contribution is 2.20. The molecule has 2 aromatic rings. The van der Waals surface area contributed by atoms with E-state index in [1.54, 1.807) is 30.5 Å². The molecule has 4 heteroatoms. The van der Waals surface area contributed by atoms with Crippen molar-refractivity contribution >= 4 is 12.2 Å². The van der Waals surface area contributed by atoms with Gasteiger partial charge in [0.05, 0.1) is 0 Å². The van der Waals surface area contributed by atoms with E-state index in [4.69, 9.17) is 5.73 Å². The van der Waals surface area contributed by atoms with Crippen molar-refractivity contribution < 1.29 is 9.59 Å². The molecule has 1 heterocycles. The summed E-state index contributed by atoms with van der Waals surface area (Å²) in [7, 11) is 0. The molecule has 84 valence electrons. The molecule has 4 nitrogen and oxygen atoms in total. The molecule has 0 saturated carbocycles. The molecule has 0 bridgehead atoms. The number of aldehydes is 1. The largest absolute Gasteiger partial charge is 0.366 e. The summed E-state index contributed by atoms with van der Waals surface area (Å²) in [5, 5.41) is 0. The summed E-state index contributed by atoms with van der Waals surface area (Å²) in [5.41, 5.74) is 7.71. The maximum Gasteiger partial charge on any atom is 0.248 e. The van der Waals surface area contributed by atoms with Gasteiger partial charge < -0.3 is 5.73 Å². The van der Waals surface area contributed by atoms with Crippen LogP contribution in [0.25, 0.3) is 11.1 Å². The topological polar surface area (TPSA) is 73.1 Å². The van der Waals surface area contributed by atoms with Gasteiger partial charge in [-0.05, 0) is 23.8 Å². The van der Waals surface area contributed by atoms with E-state index in [1.807, 2.05) is 6.07 Å². The zero-order valence-electron chi connectivity index (χ0n) is 8.96. The maximum atomic E-state index is 11.1. The van der Waals surface area contributed by atoms with E-state index in [2.05, 4.69) is 4.98 Å². The number of pyridine rings is 1. The van der Waals surface area contributed by atoms with E-state index in [0.29, 0.717) is 11.1 Å². The Balaban J connectivity index is 2.48. The number of hydrogen-bond acceptors (Lipinski definition) is 3. The molecule has 1 aromatic heterocycles. The molecule has 0 atom stereocenters. The fourth-order valence-corrected chi connectivity index (χ4v) is 1.53. The summed E-state index contributed by atoms with van der Waals surface area (Å²) in [4.78, 5) is 25.7. The van der Waals surface area contributed by atoms with Crippen LogP contribution in [-0.4, -0.2) is 17.2 Å². The standard InChI is InChI=1S/C13H10N2O2/c14-13(17)11-3-1-2-10(5-11)12-4-9(8-16)6-15-7-12/h1-8H,(H2,14,17). The Morgan fingerprint density at radius 1 is 1.18 bits per heavy atom. The highest BCUT2D eigenvalue weighted by molar-refractivity contribution is 5.94. The first kappa shape index (κ1) is 11.0. The van der Waals surface area contributed by atoms with Crippen LogP contribution in [0, 0.1) is 0 Å². The van der Waals surface area contributed by atoms with Gasteiger partial charge in [-0.25, -0.2) is 0 Å². The SMILES string of the molecule is NC(=O)c1cccc(-c2cncc(C=O)c2)c1. The summed E-state index contributed by atoms with van der Waals surface area (Å²) < 4.78 is 0. The van der Waals surface area contributed by atoms with Crippen LogP contribution in [0.5, 0.6) is 0 Å². The second kappa shape index (κ2) is 4.57. The Kier molecular flexibility index (Phi) is 2.96. The highest BCUT2D eigenvalue weighted by atomic mass is 16.1. The number of carbonyl (C=O) groups is 2. The van der Waals surface area contributed by atoms with Crippen molar-refractivity contribution in [3.8, 4) is 11.1 Å². The second-order valence-corrected chi connectivity index (χ2v) is 3.57. The summed E-state index contributed by atoms with van der Waals surface area (Å²) in [5.74, 6) is -0.480. The molecule has 0 spiro atoms. The van der Waals surface area contributed by atoms with Crippen LogP contribution in [0.4, 0.5) is 0 Å². The van der Waals surface area contributed by atoms with E-state index in [1.165, 1.54) is 6.20 Å². The van der Waals surface area contributed by atoms with E-state index in [-0.39, 0.29) is 0 Å². The molecule has 2 rings (SSSR count). The quantitative estimate of drug-likeness (QED) is 0.809. The van der Waals surface area contributed by atoms with Gasteiger partial charge in [-0.2, -0.15) is 0 Å². The Labute approximate surface area is 98.1 Å². The molecular weight excluding hydrogens is 216 g/mol. The average molecular weight is 226 g/mol. The van der Waals surface area contributed by atoms with Gasteiger partial charge in [0, 0.05) is 29.1 Å². The Morgan fingerprint density at radius 3 is 2.71 bits per heavy atom. The maximum absolute atomic E-state index is 11.1. The molecular formula is C13H10N2O2. The van der Waals surface area contributed by atoms with Crippen molar-refractivity contribution in [1.82, 2.24) is 4.98 Å². The summed E-state index contributed by atoms with van der Waals surface area (Å²) >= 11 is 0. The lowest BCUT2D eigenvalue weighted by Gasteiger charge is -2.03. The van der Waals surface area contributed by atoms with Crippen LogP contribution >= 0.6 is 0 Å². The third-order valence-electron chi connectivity index (χ3n) is 2.38. The number of benzene rings is 1. The minimum Gasteiger partial charge on any atom is -0.366 e.